The number of aromatic nitrogens is 5. The predicted molar refractivity (Wildman–Crippen MR) is 120 cm³/mol. The van der Waals surface area contributed by atoms with Gasteiger partial charge in [0.1, 0.15) is 17.0 Å². The molecule has 4 aromatic rings. The minimum Gasteiger partial charge on any atom is -0.366 e. The third kappa shape index (κ3) is 3.89. The molecule has 5 rings (SSSR count). The first-order valence-electron chi connectivity index (χ1n) is 9.21. The van der Waals surface area contributed by atoms with Crippen molar-refractivity contribution in [1.29, 1.82) is 0 Å². The van der Waals surface area contributed by atoms with Crippen LogP contribution in [0.25, 0.3) is 33.7 Å². The summed E-state index contributed by atoms with van der Waals surface area (Å²) in [6.07, 6.45) is 3.06. The number of nitrogens with zero attached hydrogens (tertiary/aromatic N) is 4. The molecule has 156 valence electrons. The Kier molecular flexibility index (Phi) is 6.40. The molecule has 1 aliphatic heterocycles. The molecule has 1 amide bonds. The van der Waals surface area contributed by atoms with Gasteiger partial charge in [-0.2, -0.15) is 0 Å². The second-order valence-corrected chi connectivity index (χ2v) is 6.96. The van der Waals surface area contributed by atoms with Crippen LogP contribution in [0.5, 0.6) is 0 Å². The van der Waals surface area contributed by atoms with E-state index >= 15 is 0 Å². The van der Waals surface area contributed by atoms with Gasteiger partial charge in [0.25, 0.3) is 5.91 Å². The first-order valence-corrected chi connectivity index (χ1v) is 9.21. The van der Waals surface area contributed by atoms with E-state index in [-0.39, 0.29) is 24.8 Å². The number of aromatic amines is 1. The summed E-state index contributed by atoms with van der Waals surface area (Å²) in [4.78, 5) is 19.4. The third-order valence-electron chi connectivity index (χ3n) is 5.15. The number of H-pyrrole nitrogens is 1. The maximum atomic E-state index is 11.6. The lowest BCUT2D eigenvalue weighted by molar-refractivity contribution is 0.100. The number of para-hydroxylation sites is 1. The number of amides is 1. The monoisotopic (exact) mass is 445 g/mol. The highest BCUT2D eigenvalue weighted by Gasteiger charge is 2.18. The summed E-state index contributed by atoms with van der Waals surface area (Å²) < 4.78 is 1.94. The van der Waals surface area contributed by atoms with E-state index < -0.39 is 5.91 Å². The van der Waals surface area contributed by atoms with E-state index in [0.717, 1.165) is 41.8 Å². The molecule has 0 bridgehead atoms. The number of hydrogen-bond donors (Lipinski definition) is 3. The van der Waals surface area contributed by atoms with Crippen LogP contribution < -0.4 is 11.1 Å². The van der Waals surface area contributed by atoms with Gasteiger partial charge in [-0.15, -0.1) is 29.9 Å². The fourth-order valence-corrected chi connectivity index (χ4v) is 3.62. The van der Waals surface area contributed by atoms with E-state index in [0.29, 0.717) is 22.9 Å². The number of carbonyl (C=O) groups is 1. The Hall–Kier alpha value is -2.94. The average Bonchev–Trinajstić information content (AvgIpc) is 3.47. The largest absolute Gasteiger partial charge is 0.366 e. The molecule has 8 nitrogen and oxygen atoms in total. The van der Waals surface area contributed by atoms with Gasteiger partial charge < -0.3 is 16.0 Å². The summed E-state index contributed by atoms with van der Waals surface area (Å²) in [5, 5.41) is 11.9. The van der Waals surface area contributed by atoms with Gasteiger partial charge in [0.2, 0.25) is 0 Å². The van der Waals surface area contributed by atoms with Crippen molar-refractivity contribution >= 4 is 41.8 Å². The molecule has 0 unspecified atom stereocenters. The second-order valence-electron chi connectivity index (χ2n) is 6.96. The van der Waals surface area contributed by atoms with Gasteiger partial charge in [0.15, 0.2) is 0 Å². The smallest absolute Gasteiger partial charge is 0.250 e. The minimum absolute atomic E-state index is 0. The van der Waals surface area contributed by atoms with E-state index in [2.05, 4.69) is 25.6 Å². The average molecular weight is 446 g/mol. The Bertz CT molecular complexity index is 1160. The normalized spacial score (nSPS) is 15.5. The molecular weight excluding hydrogens is 425 g/mol. The summed E-state index contributed by atoms with van der Waals surface area (Å²) in [7, 11) is 0. The number of carbonyl (C=O) groups excluding carboxylic acids is 1. The molecule has 0 spiro atoms. The highest BCUT2D eigenvalue weighted by Crippen LogP contribution is 2.26. The van der Waals surface area contributed by atoms with Crippen LogP contribution in [0.4, 0.5) is 0 Å². The highest BCUT2D eigenvalue weighted by atomic mass is 35.5. The Morgan fingerprint density at radius 3 is 2.57 bits per heavy atom. The van der Waals surface area contributed by atoms with Gasteiger partial charge >= 0.3 is 0 Å². The zero-order valence-electron chi connectivity index (χ0n) is 15.9. The van der Waals surface area contributed by atoms with Crippen LogP contribution in [0, 0.1) is 0 Å². The third-order valence-corrected chi connectivity index (χ3v) is 5.15. The van der Waals surface area contributed by atoms with Crippen molar-refractivity contribution in [2.24, 2.45) is 5.73 Å². The molecule has 1 atom stereocenters. The number of imidazole rings is 1. The molecule has 0 radical (unpaired) electrons. The maximum Gasteiger partial charge on any atom is 0.250 e. The van der Waals surface area contributed by atoms with Crippen molar-refractivity contribution in [3.8, 4) is 22.6 Å². The molecule has 1 fully saturated rings. The zero-order chi connectivity index (χ0) is 19.1. The van der Waals surface area contributed by atoms with Gasteiger partial charge in [-0.3, -0.25) is 4.79 Å². The molecule has 4 N–H and O–H groups in total. The van der Waals surface area contributed by atoms with Crippen molar-refractivity contribution in [2.75, 3.05) is 13.1 Å². The maximum absolute atomic E-state index is 11.6. The number of nitrogens with one attached hydrogen (secondary N) is 2. The summed E-state index contributed by atoms with van der Waals surface area (Å²) in [6, 6.07) is 13.7. The van der Waals surface area contributed by atoms with Gasteiger partial charge in [0, 0.05) is 17.7 Å². The van der Waals surface area contributed by atoms with Gasteiger partial charge in [-0.05, 0) is 25.1 Å². The Labute approximate surface area is 185 Å². The van der Waals surface area contributed by atoms with Crippen LogP contribution in [0.3, 0.4) is 0 Å². The summed E-state index contributed by atoms with van der Waals surface area (Å²) >= 11 is 0. The van der Waals surface area contributed by atoms with E-state index in [4.69, 9.17) is 5.73 Å². The van der Waals surface area contributed by atoms with Gasteiger partial charge in [0.05, 0.1) is 23.3 Å². The van der Waals surface area contributed by atoms with Gasteiger partial charge in [-0.1, -0.05) is 35.5 Å². The molecule has 10 heteroatoms. The van der Waals surface area contributed by atoms with E-state index in [9.17, 15) is 4.79 Å². The standard InChI is InChI=1S/C20H19N7O.2ClH/c21-19(28)15-2-1-3-16-18(15)24-20(23-16)13-6-4-12(5-7-13)17-11-27(26-25-17)14-8-9-22-10-14;;/h1-7,11,14,22H,8-10H2,(H2,21,28)(H,23,24);2*1H/t14-;;/m1../s1. The Morgan fingerprint density at radius 1 is 1.10 bits per heavy atom. The van der Waals surface area contributed by atoms with Gasteiger partial charge in [-0.25, -0.2) is 9.67 Å². The minimum atomic E-state index is -0.487. The zero-order valence-corrected chi connectivity index (χ0v) is 17.5. The number of rotatable bonds is 4. The van der Waals surface area contributed by atoms with Crippen LogP contribution in [0.15, 0.2) is 48.7 Å². The first-order chi connectivity index (χ1) is 13.7. The van der Waals surface area contributed by atoms with Crippen molar-refractivity contribution in [2.45, 2.75) is 12.5 Å². The van der Waals surface area contributed by atoms with Crippen molar-refractivity contribution < 1.29 is 4.79 Å². The summed E-state index contributed by atoms with van der Waals surface area (Å²) in [6.45, 7) is 1.95. The van der Waals surface area contributed by atoms with E-state index in [1.54, 1.807) is 12.1 Å². The Morgan fingerprint density at radius 2 is 1.87 bits per heavy atom. The van der Waals surface area contributed by atoms with E-state index in [1.165, 1.54) is 0 Å². The Balaban J connectivity index is 0.00000128. The number of primary amides is 1. The van der Waals surface area contributed by atoms with E-state index in [1.807, 2.05) is 41.2 Å². The molecule has 2 aromatic carbocycles. The van der Waals surface area contributed by atoms with Crippen LogP contribution >= 0.6 is 24.8 Å². The fourth-order valence-electron chi connectivity index (χ4n) is 3.62. The fraction of sp³-hybridized carbons (Fsp3) is 0.200. The molecule has 0 aliphatic carbocycles. The number of benzene rings is 2. The predicted octanol–water partition coefficient (Wildman–Crippen LogP) is 2.97. The molecular formula is C20H21Cl2N7O. The number of hydrogen-bond acceptors (Lipinski definition) is 5. The molecule has 2 aromatic heterocycles. The topological polar surface area (TPSA) is 115 Å². The molecule has 1 aliphatic rings. The van der Waals surface area contributed by atoms with Crippen molar-refractivity contribution in [1.82, 2.24) is 30.3 Å². The number of fused-ring (bicyclic) bond motifs is 1. The SMILES string of the molecule is Cl.Cl.NC(=O)c1cccc2[nH]c(-c3ccc(-c4cn([C@@H]5CCNC5)nn4)cc3)nc12. The van der Waals surface area contributed by atoms with Crippen LogP contribution in [-0.4, -0.2) is 44.0 Å². The number of halogens is 2. The highest BCUT2D eigenvalue weighted by molar-refractivity contribution is 6.04. The lowest BCUT2D eigenvalue weighted by Crippen LogP contribution is -2.13. The van der Waals surface area contributed by atoms with Crippen LogP contribution in [0.1, 0.15) is 22.8 Å². The summed E-state index contributed by atoms with van der Waals surface area (Å²) in [5.74, 6) is 0.204. The van der Waals surface area contributed by atoms with Crippen LogP contribution in [-0.2, 0) is 0 Å². The summed E-state index contributed by atoms with van der Waals surface area (Å²) in [5.41, 5.74) is 9.99. The molecule has 0 saturated carbocycles. The molecule has 1 saturated heterocycles. The lowest BCUT2D eigenvalue weighted by atomic mass is 10.1. The quantitative estimate of drug-likeness (QED) is 0.446. The second kappa shape index (κ2) is 8.83. The molecule has 30 heavy (non-hydrogen) atoms. The number of nitrogens with two attached hydrogens (primary N) is 1. The lowest BCUT2D eigenvalue weighted by Gasteiger charge is -2.06. The molecule has 3 heterocycles. The van der Waals surface area contributed by atoms with Crippen molar-refractivity contribution in [3.05, 3.63) is 54.2 Å². The van der Waals surface area contributed by atoms with Crippen LogP contribution in [0.2, 0.25) is 0 Å². The first kappa shape index (κ1) is 21.8. The van der Waals surface area contributed by atoms with Crippen molar-refractivity contribution in [3.63, 3.8) is 0 Å².